The number of hydrogen-bond donors (Lipinski definition) is 2. The molecule has 2 N–H and O–H groups in total. The van der Waals surface area contributed by atoms with Gasteiger partial charge in [0.1, 0.15) is 11.4 Å². The Morgan fingerprint density at radius 2 is 1.95 bits per heavy atom. The van der Waals surface area contributed by atoms with E-state index < -0.39 is 16.4 Å². The molecule has 0 saturated heterocycles. The second kappa shape index (κ2) is 5.70. The lowest BCUT2D eigenvalue weighted by molar-refractivity contribution is -0.385. The highest BCUT2D eigenvalue weighted by Crippen LogP contribution is 2.33. The number of nitro benzene ring substituents is 1. The molecule has 6 nitrogen and oxygen atoms in total. The number of hydrogen-bond acceptors (Lipinski definition) is 5. The van der Waals surface area contributed by atoms with Gasteiger partial charge >= 0.3 is 5.69 Å². The van der Waals surface area contributed by atoms with Crippen molar-refractivity contribution in [1.29, 1.82) is 0 Å². The molecule has 7 heteroatoms. The van der Waals surface area contributed by atoms with Crippen LogP contribution in [0.25, 0.3) is 0 Å². The molecular weight excluding hydrogens is 328 g/mol. The highest BCUT2D eigenvalue weighted by Gasteiger charge is 2.17. The van der Waals surface area contributed by atoms with Gasteiger partial charge in [-0.15, -0.1) is 0 Å². The molecule has 0 heterocycles. The summed E-state index contributed by atoms with van der Waals surface area (Å²) in [4.78, 5) is 14.1. The number of nitro groups is 1. The zero-order valence-electron chi connectivity index (χ0n) is 10.0. The van der Waals surface area contributed by atoms with Crippen molar-refractivity contribution in [3.05, 3.63) is 56.5 Å². The minimum Gasteiger partial charge on any atom is -0.506 e. The van der Waals surface area contributed by atoms with Crippen molar-refractivity contribution in [3.8, 4) is 11.5 Å². The largest absolute Gasteiger partial charge is 0.506 e. The predicted molar refractivity (Wildman–Crippen MR) is 77.8 cm³/mol. The van der Waals surface area contributed by atoms with Gasteiger partial charge in [0.05, 0.1) is 4.92 Å². The topological polar surface area (TPSA) is 96.0 Å². The minimum atomic E-state index is -0.683. The molecule has 102 valence electrons. The van der Waals surface area contributed by atoms with Gasteiger partial charge in [-0.1, -0.05) is 28.1 Å². The summed E-state index contributed by atoms with van der Waals surface area (Å²) in [5, 5.41) is 30.2. The van der Waals surface area contributed by atoms with Crippen LogP contribution in [0.5, 0.6) is 11.5 Å². The van der Waals surface area contributed by atoms with Gasteiger partial charge in [-0.3, -0.25) is 15.1 Å². The van der Waals surface area contributed by atoms with Gasteiger partial charge in [0.2, 0.25) is 5.75 Å². The van der Waals surface area contributed by atoms with Crippen molar-refractivity contribution in [2.45, 2.75) is 0 Å². The first-order chi connectivity index (χ1) is 9.49. The fraction of sp³-hybridized carbons (Fsp3) is 0. The molecule has 2 aromatic carbocycles. The number of aliphatic imine (C=N–C) groups is 1. The van der Waals surface area contributed by atoms with Gasteiger partial charge in [0.15, 0.2) is 0 Å². The van der Waals surface area contributed by atoms with Crippen LogP contribution in [-0.4, -0.2) is 21.4 Å². The maximum absolute atomic E-state index is 10.8. The highest BCUT2D eigenvalue weighted by atomic mass is 79.9. The Hall–Kier alpha value is -2.41. The van der Waals surface area contributed by atoms with E-state index >= 15 is 0 Å². The van der Waals surface area contributed by atoms with Crippen LogP contribution < -0.4 is 0 Å². The van der Waals surface area contributed by atoms with E-state index in [1.165, 1.54) is 24.4 Å². The fourth-order valence-corrected chi connectivity index (χ4v) is 2.02. The molecule has 20 heavy (non-hydrogen) atoms. The summed E-state index contributed by atoms with van der Waals surface area (Å²) >= 11 is 3.13. The third-order valence-corrected chi connectivity index (χ3v) is 2.96. The standard InChI is InChI=1S/C13H9BrN2O4/c14-9-5-8(13(18)11(6-9)16(19)20)7-15-10-3-1-2-4-12(10)17/h1-7,17-18H. The van der Waals surface area contributed by atoms with Crippen molar-refractivity contribution in [1.82, 2.24) is 0 Å². The average Bonchev–Trinajstić information content (AvgIpc) is 2.40. The normalized spacial score (nSPS) is 10.8. The number of benzene rings is 2. The van der Waals surface area contributed by atoms with Crippen LogP contribution in [0.3, 0.4) is 0 Å². The number of phenolic OH excluding ortho intramolecular Hbond substituents is 2. The lowest BCUT2D eigenvalue weighted by Crippen LogP contribution is -1.92. The van der Waals surface area contributed by atoms with Crippen LogP contribution in [0.4, 0.5) is 11.4 Å². The number of halogens is 1. The summed E-state index contributed by atoms with van der Waals surface area (Å²) < 4.78 is 0.445. The number of para-hydroxylation sites is 2. The molecule has 0 radical (unpaired) electrons. The smallest absolute Gasteiger partial charge is 0.312 e. The van der Waals surface area contributed by atoms with E-state index in [1.807, 2.05) is 0 Å². The van der Waals surface area contributed by atoms with E-state index in [0.717, 1.165) is 0 Å². The van der Waals surface area contributed by atoms with E-state index in [1.54, 1.807) is 18.2 Å². The molecule has 2 rings (SSSR count). The summed E-state index contributed by atoms with van der Waals surface area (Å²) in [6.45, 7) is 0. The Labute approximate surface area is 122 Å². The molecule has 0 aliphatic carbocycles. The van der Waals surface area contributed by atoms with Crippen LogP contribution >= 0.6 is 15.9 Å². The van der Waals surface area contributed by atoms with Crippen molar-refractivity contribution in [2.24, 2.45) is 4.99 Å². The van der Waals surface area contributed by atoms with Crippen molar-refractivity contribution < 1.29 is 15.1 Å². The lowest BCUT2D eigenvalue weighted by Gasteiger charge is -2.02. The maximum Gasteiger partial charge on any atom is 0.312 e. The molecular formula is C13H9BrN2O4. The number of nitrogens with zero attached hydrogens (tertiary/aromatic N) is 2. The maximum atomic E-state index is 10.8. The van der Waals surface area contributed by atoms with Crippen molar-refractivity contribution in [3.63, 3.8) is 0 Å². The van der Waals surface area contributed by atoms with E-state index in [9.17, 15) is 20.3 Å². The summed E-state index contributed by atoms with van der Waals surface area (Å²) in [6, 6.07) is 9.08. The first-order valence-corrected chi connectivity index (χ1v) is 6.27. The molecule has 0 saturated carbocycles. The zero-order valence-corrected chi connectivity index (χ0v) is 11.6. The summed E-state index contributed by atoms with van der Waals surface area (Å²) in [7, 11) is 0. The Balaban J connectivity index is 2.44. The van der Waals surface area contributed by atoms with Crippen LogP contribution in [0.2, 0.25) is 0 Å². The SMILES string of the molecule is O=[N+]([O-])c1cc(Br)cc(C=Nc2ccccc2O)c1O. The van der Waals surface area contributed by atoms with Gasteiger partial charge in [-0.2, -0.15) is 0 Å². The molecule has 0 aliphatic rings. The summed E-state index contributed by atoms with van der Waals surface area (Å²) in [5.74, 6) is -0.495. The summed E-state index contributed by atoms with van der Waals surface area (Å²) in [6.07, 6.45) is 1.25. The zero-order chi connectivity index (χ0) is 14.7. The van der Waals surface area contributed by atoms with Gasteiger partial charge in [-0.05, 0) is 18.2 Å². The Kier molecular flexibility index (Phi) is 3.99. The molecule has 0 unspecified atom stereocenters. The van der Waals surface area contributed by atoms with Crippen molar-refractivity contribution in [2.75, 3.05) is 0 Å². The molecule has 0 bridgehead atoms. The Morgan fingerprint density at radius 1 is 1.25 bits per heavy atom. The van der Waals surface area contributed by atoms with E-state index in [-0.39, 0.29) is 11.3 Å². The predicted octanol–water partition coefficient (Wildman–Crippen LogP) is 3.52. The molecule has 0 spiro atoms. The highest BCUT2D eigenvalue weighted by molar-refractivity contribution is 9.10. The second-order valence-electron chi connectivity index (χ2n) is 3.87. The van der Waals surface area contributed by atoms with Gasteiger partial charge in [-0.25, -0.2) is 0 Å². The molecule has 0 atom stereocenters. The first kappa shape index (κ1) is 14.0. The molecule has 0 aliphatic heterocycles. The molecule has 0 amide bonds. The third kappa shape index (κ3) is 2.94. The van der Waals surface area contributed by atoms with Gasteiger partial charge in [0.25, 0.3) is 0 Å². The van der Waals surface area contributed by atoms with Gasteiger partial charge in [0, 0.05) is 22.3 Å². The number of phenols is 2. The van der Waals surface area contributed by atoms with Crippen LogP contribution in [-0.2, 0) is 0 Å². The molecule has 0 aromatic heterocycles. The van der Waals surface area contributed by atoms with E-state index in [4.69, 9.17) is 0 Å². The number of aromatic hydroxyl groups is 2. The summed E-state index contributed by atoms with van der Waals surface area (Å²) in [5.41, 5.74) is 0.0574. The van der Waals surface area contributed by atoms with E-state index in [2.05, 4.69) is 20.9 Å². The average molecular weight is 337 g/mol. The fourth-order valence-electron chi connectivity index (χ4n) is 1.56. The molecule has 2 aromatic rings. The first-order valence-electron chi connectivity index (χ1n) is 5.48. The van der Waals surface area contributed by atoms with E-state index in [0.29, 0.717) is 10.2 Å². The van der Waals surface area contributed by atoms with Gasteiger partial charge < -0.3 is 10.2 Å². The van der Waals surface area contributed by atoms with Crippen molar-refractivity contribution >= 4 is 33.5 Å². The Bertz CT molecular complexity index is 701. The number of rotatable bonds is 3. The van der Waals surface area contributed by atoms with Crippen LogP contribution in [0.15, 0.2) is 45.9 Å². The van der Waals surface area contributed by atoms with Crippen LogP contribution in [0, 0.1) is 10.1 Å². The quantitative estimate of drug-likeness (QED) is 0.509. The lowest BCUT2D eigenvalue weighted by atomic mass is 10.2. The minimum absolute atomic E-state index is 0.0206. The second-order valence-corrected chi connectivity index (χ2v) is 4.78. The monoisotopic (exact) mass is 336 g/mol. The Morgan fingerprint density at radius 3 is 2.60 bits per heavy atom. The third-order valence-electron chi connectivity index (χ3n) is 2.51. The van der Waals surface area contributed by atoms with Crippen LogP contribution in [0.1, 0.15) is 5.56 Å². The molecule has 0 fully saturated rings.